The van der Waals surface area contributed by atoms with Gasteiger partial charge in [0.25, 0.3) is 5.91 Å². The molecule has 11 heteroatoms. The molecule has 2 aromatic carbocycles. The molecule has 2 bridgehead atoms. The van der Waals surface area contributed by atoms with Gasteiger partial charge >= 0.3 is 5.97 Å². The minimum atomic E-state index is -1.35. The second kappa shape index (κ2) is 14.8. The third-order valence-electron chi connectivity index (χ3n) is 9.75. The molecule has 3 amide bonds. The van der Waals surface area contributed by atoms with Crippen LogP contribution in [0, 0.1) is 25.7 Å². The largest absolute Gasteiger partial charge is 0.455 e. The lowest BCUT2D eigenvalue weighted by atomic mass is 9.70. The molecule has 0 saturated carbocycles. The Bertz CT molecular complexity index is 1550. The SMILES string of the molecule is C=CCCC(=O)NC[C@@H](OC(=O)[C@@H]1[C@H]2O[C@@]3(CC2Br)[C@H](C(=O)N(CC=C)c2c(C)cccc2C)N([C@H](C)CO)C(=O)[C@@H]13)c1ccccc1. The number of amides is 3. The summed E-state index contributed by atoms with van der Waals surface area (Å²) in [6.45, 7) is 12.9. The van der Waals surface area contributed by atoms with Crippen molar-refractivity contribution in [2.75, 3.05) is 24.6 Å². The summed E-state index contributed by atoms with van der Waals surface area (Å²) >= 11 is 3.71. The molecular formula is C37H44BrN3O7. The molecule has 10 nitrogen and oxygen atoms in total. The van der Waals surface area contributed by atoms with Gasteiger partial charge in [-0.2, -0.15) is 0 Å². The van der Waals surface area contributed by atoms with Gasteiger partial charge in [0.2, 0.25) is 11.8 Å². The number of aliphatic hydroxyl groups excluding tert-OH is 1. The molecule has 1 unspecified atom stereocenters. The van der Waals surface area contributed by atoms with Crippen LogP contribution in [0.25, 0.3) is 0 Å². The van der Waals surface area contributed by atoms with Crippen molar-refractivity contribution in [3.63, 3.8) is 0 Å². The van der Waals surface area contributed by atoms with Gasteiger partial charge in [-0.3, -0.25) is 19.2 Å². The minimum absolute atomic E-state index is 0.0343. The quantitative estimate of drug-likeness (QED) is 0.169. The Labute approximate surface area is 290 Å². The van der Waals surface area contributed by atoms with Crippen molar-refractivity contribution in [1.29, 1.82) is 0 Å². The molecule has 3 aliphatic rings. The maximum absolute atomic E-state index is 14.9. The third-order valence-corrected chi connectivity index (χ3v) is 10.6. The van der Waals surface area contributed by atoms with Crippen molar-refractivity contribution in [3.05, 3.63) is 90.5 Å². The van der Waals surface area contributed by atoms with Crippen molar-refractivity contribution in [3.8, 4) is 0 Å². The maximum Gasteiger partial charge on any atom is 0.313 e. The topological polar surface area (TPSA) is 125 Å². The fourth-order valence-corrected chi connectivity index (χ4v) is 8.56. The molecule has 48 heavy (non-hydrogen) atoms. The van der Waals surface area contributed by atoms with E-state index in [0.29, 0.717) is 24.1 Å². The van der Waals surface area contributed by atoms with Crippen molar-refractivity contribution < 1.29 is 33.8 Å². The monoisotopic (exact) mass is 721 g/mol. The molecule has 2 N–H and O–H groups in total. The number of ether oxygens (including phenoxy) is 2. The van der Waals surface area contributed by atoms with Gasteiger partial charge in [0.15, 0.2) is 0 Å². The average molecular weight is 723 g/mol. The number of alkyl halides is 1. The summed E-state index contributed by atoms with van der Waals surface area (Å²) in [5, 5.41) is 13.1. The van der Waals surface area contributed by atoms with E-state index < -0.39 is 53.6 Å². The molecule has 2 aromatic rings. The van der Waals surface area contributed by atoms with E-state index in [0.717, 1.165) is 11.1 Å². The molecule has 3 aliphatic heterocycles. The third kappa shape index (κ3) is 6.35. The second-order valence-electron chi connectivity index (χ2n) is 12.9. The Morgan fingerprint density at radius 3 is 2.46 bits per heavy atom. The summed E-state index contributed by atoms with van der Waals surface area (Å²) in [4.78, 5) is 58.7. The van der Waals surface area contributed by atoms with Gasteiger partial charge in [0.1, 0.15) is 17.7 Å². The fourth-order valence-electron chi connectivity index (χ4n) is 7.62. The van der Waals surface area contributed by atoms with Crippen molar-refractivity contribution >= 4 is 45.3 Å². The number of rotatable bonds is 14. The average Bonchev–Trinajstić information content (AvgIpc) is 3.67. The number of nitrogens with zero attached hydrogens (tertiary/aromatic N) is 2. The Hall–Kier alpha value is -3.80. The number of hydrogen-bond acceptors (Lipinski definition) is 7. The number of allylic oxidation sites excluding steroid dienone is 1. The number of hydrogen-bond donors (Lipinski definition) is 2. The zero-order valence-electron chi connectivity index (χ0n) is 27.6. The highest BCUT2D eigenvalue weighted by Crippen LogP contribution is 2.61. The standard InChI is InChI=1S/C37H44BrN3O7/c1-6-8-17-28(43)39-20-27(25-15-10-9-11-16-25)47-36(46)29-30-34(44)41(24(5)21-42)33(37(30)19-26(38)32(29)48-37)35(45)40(18-7-2)31-22(3)13-12-14-23(31)4/h6-7,9-16,24,26-27,29-30,32-33,42H,1-2,8,17-21H2,3-5H3,(H,39,43)/t24-,26?,27-,29+,30-,32+,33+,37-/m1/s1. The molecule has 0 aliphatic carbocycles. The number of fused-ring (bicyclic) bond motifs is 1. The van der Waals surface area contributed by atoms with Gasteiger partial charge in [0.05, 0.1) is 37.1 Å². The number of carbonyl (C=O) groups excluding carboxylic acids is 4. The first-order valence-electron chi connectivity index (χ1n) is 16.4. The number of aryl methyl sites for hydroxylation is 2. The van der Waals surface area contributed by atoms with Crippen molar-refractivity contribution in [1.82, 2.24) is 10.2 Å². The van der Waals surface area contributed by atoms with Crippen LogP contribution < -0.4 is 10.2 Å². The highest BCUT2D eigenvalue weighted by Gasteiger charge is 2.77. The predicted molar refractivity (Wildman–Crippen MR) is 185 cm³/mol. The predicted octanol–water partition coefficient (Wildman–Crippen LogP) is 4.32. The van der Waals surface area contributed by atoms with Crippen molar-refractivity contribution in [2.45, 2.75) is 74.8 Å². The van der Waals surface area contributed by atoms with Gasteiger partial charge in [-0.1, -0.05) is 76.6 Å². The summed E-state index contributed by atoms with van der Waals surface area (Å²) < 4.78 is 12.8. The lowest BCUT2D eigenvalue weighted by Crippen LogP contribution is -2.59. The van der Waals surface area contributed by atoms with E-state index in [2.05, 4.69) is 34.4 Å². The lowest BCUT2D eigenvalue weighted by molar-refractivity contribution is -0.160. The molecule has 256 valence electrons. The molecule has 0 aromatic heterocycles. The first-order valence-corrected chi connectivity index (χ1v) is 17.3. The molecular weight excluding hydrogens is 678 g/mol. The van der Waals surface area contributed by atoms with Gasteiger partial charge in [0, 0.05) is 23.5 Å². The Balaban J connectivity index is 1.51. The van der Waals surface area contributed by atoms with Crippen LogP contribution in [0.2, 0.25) is 0 Å². The van der Waals surface area contributed by atoms with Gasteiger partial charge in [-0.05, 0) is 50.3 Å². The van der Waals surface area contributed by atoms with Crippen LogP contribution in [-0.4, -0.2) is 82.0 Å². The minimum Gasteiger partial charge on any atom is -0.455 e. The molecule has 3 saturated heterocycles. The Morgan fingerprint density at radius 1 is 1.15 bits per heavy atom. The van der Waals surface area contributed by atoms with E-state index in [1.165, 1.54) is 4.90 Å². The van der Waals surface area contributed by atoms with E-state index in [1.807, 2.05) is 62.4 Å². The highest BCUT2D eigenvalue weighted by molar-refractivity contribution is 9.09. The summed E-state index contributed by atoms with van der Waals surface area (Å²) in [6, 6.07) is 13.0. The van der Waals surface area contributed by atoms with E-state index in [-0.39, 0.29) is 42.8 Å². The zero-order chi connectivity index (χ0) is 34.7. The maximum atomic E-state index is 14.9. The fraction of sp³-hybridized carbons (Fsp3) is 0.459. The van der Waals surface area contributed by atoms with Crippen LogP contribution in [0.5, 0.6) is 0 Å². The van der Waals surface area contributed by atoms with Crippen LogP contribution >= 0.6 is 15.9 Å². The van der Waals surface area contributed by atoms with Gasteiger partial charge < -0.3 is 29.7 Å². The smallest absolute Gasteiger partial charge is 0.313 e. The molecule has 8 atom stereocenters. The number of esters is 1. The normalized spacial score (nSPS) is 26.8. The summed E-state index contributed by atoms with van der Waals surface area (Å²) in [5.41, 5.74) is 1.80. The number of carbonyl (C=O) groups is 4. The molecule has 3 fully saturated rings. The molecule has 1 spiro atoms. The number of nitrogens with one attached hydrogen (secondary N) is 1. The molecule has 0 radical (unpaired) electrons. The van der Waals surface area contributed by atoms with Crippen LogP contribution in [0.15, 0.2) is 73.8 Å². The zero-order valence-corrected chi connectivity index (χ0v) is 29.2. The van der Waals surface area contributed by atoms with Crippen LogP contribution in [0.1, 0.15) is 49.0 Å². The number of anilines is 1. The number of benzene rings is 2. The van der Waals surface area contributed by atoms with Crippen LogP contribution in [-0.2, 0) is 28.7 Å². The van der Waals surface area contributed by atoms with E-state index in [4.69, 9.17) is 9.47 Å². The number of aliphatic hydroxyl groups is 1. The summed E-state index contributed by atoms with van der Waals surface area (Å²) in [6.07, 6.45) is 2.79. The van der Waals surface area contributed by atoms with Crippen molar-refractivity contribution in [2.24, 2.45) is 11.8 Å². The van der Waals surface area contributed by atoms with E-state index in [9.17, 15) is 24.3 Å². The first kappa shape index (κ1) is 35.5. The highest BCUT2D eigenvalue weighted by atomic mass is 79.9. The van der Waals surface area contributed by atoms with Gasteiger partial charge in [-0.25, -0.2) is 0 Å². The number of para-hydroxylation sites is 1. The van der Waals surface area contributed by atoms with Crippen LogP contribution in [0.3, 0.4) is 0 Å². The molecule has 3 heterocycles. The summed E-state index contributed by atoms with van der Waals surface area (Å²) in [5.74, 6) is -3.72. The molecule has 5 rings (SSSR count). The second-order valence-corrected chi connectivity index (χ2v) is 14.1. The Kier molecular flexibility index (Phi) is 10.9. The summed E-state index contributed by atoms with van der Waals surface area (Å²) in [7, 11) is 0. The van der Waals surface area contributed by atoms with E-state index >= 15 is 0 Å². The van der Waals surface area contributed by atoms with Crippen LogP contribution in [0.4, 0.5) is 5.69 Å². The van der Waals surface area contributed by atoms with E-state index in [1.54, 1.807) is 24.0 Å². The Morgan fingerprint density at radius 2 is 1.83 bits per heavy atom. The number of halogens is 1. The lowest BCUT2D eigenvalue weighted by Gasteiger charge is -2.39. The first-order chi connectivity index (χ1) is 23.0. The number of likely N-dealkylation sites (tertiary alicyclic amines) is 1. The van der Waals surface area contributed by atoms with Gasteiger partial charge in [-0.15, -0.1) is 13.2 Å².